The molecule has 4 aromatic rings. The second-order valence-corrected chi connectivity index (χ2v) is 7.47. The van der Waals surface area contributed by atoms with Gasteiger partial charge in [-0.1, -0.05) is 35.9 Å². The molecule has 148 valence electrons. The third-order valence-electron chi connectivity index (χ3n) is 5.04. The molecule has 7 nitrogen and oxygen atoms in total. The first kappa shape index (κ1) is 18.3. The smallest absolute Gasteiger partial charge is 0.314 e. The summed E-state index contributed by atoms with van der Waals surface area (Å²) >= 11 is 4.93. The highest BCUT2D eigenvalue weighted by Crippen LogP contribution is 2.40. The molecule has 30 heavy (non-hydrogen) atoms. The lowest BCUT2D eigenvalue weighted by Crippen LogP contribution is -2.26. The number of aromatic amines is 1. The number of carbonyl (C=O) groups is 2. The molecule has 5 rings (SSSR count). The van der Waals surface area contributed by atoms with E-state index in [1.54, 1.807) is 11.0 Å². The Morgan fingerprint density at radius 3 is 2.73 bits per heavy atom. The maximum atomic E-state index is 13.0. The van der Waals surface area contributed by atoms with Crippen LogP contribution in [0, 0.1) is 11.8 Å². The lowest BCUT2D eigenvalue weighted by Gasteiger charge is -2.23. The Labute approximate surface area is 176 Å². The molecule has 0 radical (unpaired) electrons. The van der Waals surface area contributed by atoms with Crippen LogP contribution in [0.15, 0.2) is 59.1 Å². The van der Waals surface area contributed by atoms with Gasteiger partial charge in [0.25, 0.3) is 0 Å². The first-order valence-corrected chi connectivity index (χ1v) is 9.72. The van der Waals surface area contributed by atoms with E-state index in [1.165, 1.54) is 0 Å². The maximum Gasteiger partial charge on any atom is 0.314 e. The first-order chi connectivity index (χ1) is 14.5. The zero-order valence-electron chi connectivity index (χ0n) is 15.9. The zero-order chi connectivity index (χ0) is 20.8. The van der Waals surface area contributed by atoms with Crippen molar-refractivity contribution in [3.63, 3.8) is 0 Å². The molecule has 0 saturated carbocycles. The number of nitrogens with one attached hydrogen (secondary N) is 2. The zero-order valence-corrected chi connectivity index (χ0v) is 16.7. The molecule has 0 atom stereocenters. The number of fused-ring (bicyclic) bond motifs is 3. The van der Waals surface area contributed by atoms with Crippen molar-refractivity contribution in [2.75, 3.05) is 10.2 Å². The van der Waals surface area contributed by atoms with Gasteiger partial charge in [-0.05, 0) is 48.8 Å². The SMILES string of the molecule is Cc1ccc2ccc3c(c2c1)NC(=O)CC(=O)N3c1cccc(-c2nc(=S)o[nH]2)c1. The average Bonchev–Trinajstić information content (AvgIpc) is 3.10. The summed E-state index contributed by atoms with van der Waals surface area (Å²) in [7, 11) is 0. The van der Waals surface area contributed by atoms with Crippen molar-refractivity contribution in [3.8, 4) is 11.4 Å². The van der Waals surface area contributed by atoms with E-state index in [9.17, 15) is 9.59 Å². The topological polar surface area (TPSA) is 91.2 Å². The summed E-state index contributed by atoms with van der Waals surface area (Å²) in [5.41, 5.74) is 3.63. The normalized spacial score (nSPS) is 13.8. The molecular weight excluding hydrogens is 400 g/mol. The van der Waals surface area contributed by atoms with Gasteiger partial charge in [-0.15, -0.1) is 0 Å². The second-order valence-electron chi connectivity index (χ2n) is 7.12. The lowest BCUT2D eigenvalue weighted by atomic mass is 10.0. The highest BCUT2D eigenvalue weighted by Gasteiger charge is 2.29. The summed E-state index contributed by atoms with van der Waals surface area (Å²) < 4.78 is 5.02. The number of H-pyrrole nitrogens is 1. The van der Waals surface area contributed by atoms with Crippen molar-refractivity contribution in [1.82, 2.24) is 10.1 Å². The number of rotatable bonds is 2. The van der Waals surface area contributed by atoms with Crippen molar-refractivity contribution >= 4 is 51.9 Å². The van der Waals surface area contributed by atoms with Gasteiger partial charge in [-0.3, -0.25) is 14.5 Å². The van der Waals surface area contributed by atoms with Crippen molar-refractivity contribution in [2.24, 2.45) is 0 Å². The third-order valence-corrected chi connectivity index (χ3v) is 5.21. The van der Waals surface area contributed by atoms with E-state index < -0.39 is 0 Å². The number of amides is 2. The van der Waals surface area contributed by atoms with E-state index >= 15 is 0 Å². The number of aryl methyl sites for hydroxylation is 1. The minimum Gasteiger partial charge on any atom is -0.348 e. The molecule has 1 aliphatic heterocycles. The van der Waals surface area contributed by atoms with Crippen LogP contribution in [-0.4, -0.2) is 22.0 Å². The van der Waals surface area contributed by atoms with Crippen molar-refractivity contribution < 1.29 is 14.1 Å². The highest BCUT2D eigenvalue weighted by molar-refractivity contribution is 7.71. The van der Waals surface area contributed by atoms with Crippen LogP contribution in [0.2, 0.25) is 0 Å². The van der Waals surface area contributed by atoms with E-state index in [-0.39, 0.29) is 23.1 Å². The molecule has 0 aliphatic carbocycles. The Balaban J connectivity index is 1.72. The van der Waals surface area contributed by atoms with E-state index in [1.807, 2.05) is 55.5 Å². The van der Waals surface area contributed by atoms with Gasteiger partial charge in [0.05, 0.1) is 11.4 Å². The molecule has 0 unspecified atom stereocenters. The molecule has 8 heteroatoms. The van der Waals surface area contributed by atoms with Gasteiger partial charge in [0.1, 0.15) is 6.42 Å². The number of hydrogen-bond donors (Lipinski definition) is 2. The quantitative estimate of drug-likeness (QED) is 0.359. The van der Waals surface area contributed by atoms with Gasteiger partial charge in [-0.2, -0.15) is 4.98 Å². The monoisotopic (exact) mass is 416 g/mol. The van der Waals surface area contributed by atoms with Crippen molar-refractivity contribution in [2.45, 2.75) is 13.3 Å². The number of nitrogens with zero attached hydrogens (tertiary/aromatic N) is 2. The van der Waals surface area contributed by atoms with Crippen LogP contribution in [0.1, 0.15) is 12.0 Å². The second kappa shape index (κ2) is 6.93. The molecule has 0 saturated heterocycles. The van der Waals surface area contributed by atoms with Crippen LogP contribution in [0.5, 0.6) is 0 Å². The van der Waals surface area contributed by atoms with E-state index in [2.05, 4.69) is 15.5 Å². The van der Waals surface area contributed by atoms with Gasteiger partial charge < -0.3 is 9.84 Å². The summed E-state index contributed by atoms with van der Waals surface area (Å²) in [4.78, 5) is 31.3. The van der Waals surface area contributed by atoms with E-state index in [0.717, 1.165) is 16.3 Å². The fraction of sp³-hybridized carbons (Fsp3) is 0.0909. The lowest BCUT2D eigenvalue weighted by molar-refractivity contribution is -0.124. The Morgan fingerprint density at radius 1 is 1.10 bits per heavy atom. The molecular formula is C22H16N4O3S. The van der Waals surface area contributed by atoms with E-state index in [0.29, 0.717) is 28.5 Å². The summed E-state index contributed by atoms with van der Waals surface area (Å²) in [6.07, 6.45) is -0.251. The molecule has 2 N–H and O–H groups in total. The molecule has 3 aromatic carbocycles. The standard InChI is InChI=1S/C22H16N4O3S/c1-12-5-6-13-7-8-17-20(16(13)9-12)23-18(27)11-19(28)26(17)15-4-2-3-14(10-15)21-24-22(30)29-25-21/h2-10H,11H2,1H3,(H,23,27)(H,24,25,30). The Morgan fingerprint density at radius 2 is 1.93 bits per heavy atom. The van der Waals surface area contributed by atoms with E-state index in [4.69, 9.17) is 16.7 Å². The fourth-order valence-corrected chi connectivity index (χ4v) is 3.83. The van der Waals surface area contributed by atoms with Gasteiger partial charge in [0, 0.05) is 16.6 Å². The maximum absolute atomic E-state index is 13.0. The fourth-order valence-electron chi connectivity index (χ4n) is 3.70. The summed E-state index contributed by atoms with van der Waals surface area (Å²) in [6, 6.07) is 17.1. The van der Waals surface area contributed by atoms with Crippen molar-refractivity contribution in [1.29, 1.82) is 0 Å². The summed E-state index contributed by atoms with van der Waals surface area (Å²) in [5, 5.41) is 7.47. The number of aromatic nitrogens is 2. The van der Waals surface area contributed by atoms with Crippen LogP contribution >= 0.6 is 12.2 Å². The van der Waals surface area contributed by atoms with Crippen molar-refractivity contribution in [3.05, 3.63) is 65.0 Å². The Bertz CT molecular complexity index is 1390. The molecule has 2 amide bonds. The molecule has 0 fully saturated rings. The van der Waals surface area contributed by atoms with Crippen LogP contribution in [-0.2, 0) is 9.59 Å². The van der Waals surface area contributed by atoms with Crippen LogP contribution in [0.25, 0.3) is 22.2 Å². The molecule has 0 spiro atoms. The summed E-state index contributed by atoms with van der Waals surface area (Å²) in [6.45, 7) is 1.99. The van der Waals surface area contributed by atoms with Gasteiger partial charge in [0.15, 0.2) is 5.82 Å². The molecule has 2 heterocycles. The summed E-state index contributed by atoms with van der Waals surface area (Å²) in [5.74, 6) is -0.189. The number of hydrogen-bond acceptors (Lipinski definition) is 5. The Kier molecular flexibility index (Phi) is 4.22. The van der Waals surface area contributed by atoms with Crippen LogP contribution in [0.3, 0.4) is 0 Å². The molecule has 1 aliphatic rings. The average molecular weight is 416 g/mol. The largest absolute Gasteiger partial charge is 0.348 e. The minimum atomic E-state index is -0.338. The third kappa shape index (κ3) is 3.07. The first-order valence-electron chi connectivity index (χ1n) is 9.32. The highest BCUT2D eigenvalue weighted by atomic mass is 32.1. The van der Waals surface area contributed by atoms with Gasteiger partial charge >= 0.3 is 4.84 Å². The number of carbonyl (C=O) groups excluding carboxylic acids is 2. The Hall–Kier alpha value is -3.78. The predicted octanol–water partition coefficient (Wildman–Crippen LogP) is 4.87. The van der Waals surface area contributed by atoms with Gasteiger partial charge in [-0.25, -0.2) is 5.16 Å². The van der Waals surface area contributed by atoms with Gasteiger partial charge in [0.2, 0.25) is 11.8 Å². The molecule has 1 aromatic heterocycles. The predicted molar refractivity (Wildman–Crippen MR) is 116 cm³/mol. The number of benzene rings is 3. The van der Waals surface area contributed by atoms with Crippen LogP contribution < -0.4 is 10.2 Å². The molecule has 0 bridgehead atoms. The number of anilines is 3. The van der Waals surface area contributed by atoms with Crippen LogP contribution in [0.4, 0.5) is 17.1 Å². The minimum absolute atomic E-state index is 0.100.